The van der Waals surface area contributed by atoms with Crippen molar-refractivity contribution in [3.63, 3.8) is 0 Å². The van der Waals surface area contributed by atoms with Crippen LogP contribution < -0.4 is 5.73 Å². The molecule has 0 aliphatic carbocycles. The van der Waals surface area contributed by atoms with Crippen molar-refractivity contribution in [3.8, 4) is 0 Å². The summed E-state index contributed by atoms with van der Waals surface area (Å²) < 4.78 is 4.70. The van der Waals surface area contributed by atoms with Gasteiger partial charge in [0.05, 0.1) is 12.6 Å². The summed E-state index contributed by atoms with van der Waals surface area (Å²) in [5.41, 5.74) is 5.26. The SMILES string of the molecule is I.N[C@@H]1[C@@H](O)[C@H](O)[C@@H](CO)O[C@H]1O. The first-order chi connectivity index (χ1) is 5.57. The van der Waals surface area contributed by atoms with E-state index in [-0.39, 0.29) is 24.0 Å². The normalized spacial score (nSPS) is 45.5. The Hall–Kier alpha value is 0.490. The summed E-state index contributed by atoms with van der Waals surface area (Å²) in [6.07, 6.45) is -4.85. The summed E-state index contributed by atoms with van der Waals surface area (Å²) in [6.45, 7) is -0.470. The van der Waals surface area contributed by atoms with Gasteiger partial charge in [-0.25, -0.2) is 0 Å². The molecule has 5 atom stereocenters. The minimum absolute atomic E-state index is 0. The van der Waals surface area contributed by atoms with Gasteiger partial charge in [0.25, 0.3) is 0 Å². The lowest BCUT2D eigenvalue weighted by Crippen LogP contribution is -2.61. The molecule has 6 N–H and O–H groups in total. The number of hydrogen-bond donors (Lipinski definition) is 5. The van der Waals surface area contributed by atoms with Gasteiger partial charge in [-0.2, -0.15) is 0 Å². The Labute approximate surface area is 92.3 Å². The van der Waals surface area contributed by atoms with Crippen LogP contribution in [0.4, 0.5) is 0 Å². The molecule has 1 aliphatic heterocycles. The van der Waals surface area contributed by atoms with Crippen LogP contribution in [0.5, 0.6) is 0 Å². The molecule has 0 unspecified atom stereocenters. The third-order valence-corrected chi connectivity index (χ3v) is 1.95. The molecule has 0 aromatic heterocycles. The van der Waals surface area contributed by atoms with E-state index in [9.17, 15) is 10.2 Å². The molecule has 1 fully saturated rings. The van der Waals surface area contributed by atoms with Crippen LogP contribution in [0.25, 0.3) is 0 Å². The van der Waals surface area contributed by atoms with Gasteiger partial charge in [-0.3, -0.25) is 0 Å². The molecule has 1 aliphatic rings. The molecule has 1 saturated heterocycles. The first-order valence-corrected chi connectivity index (χ1v) is 3.64. The Balaban J connectivity index is 0.00000144. The topological polar surface area (TPSA) is 116 Å². The Bertz CT molecular complexity index is 155. The first kappa shape index (κ1) is 13.5. The summed E-state index contributed by atoms with van der Waals surface area (Å²) in [7, 11) is 0. The Morgan fingerprint density at radius 3 is 2.15 bits per heavy atom. The molecule has 13 heavy (non-hydrogen) atoms. The number of aliphatic hydroxyl groups excluding tert-OH is 4. The van der Waals surface area contributed by atoms with E-state index in [0.717, 1.165) is 0 Å². The van der Waals surface area contributed by atoms with Crippen molar-refractivity contribution in [1.29, 1.82) is 0 Å². The number of rotatable bonds is 1. The summed E-state index contributed by atoms with van der Waals surface area (Å²) >= 11 is 0. The van der Waals surface area contributed by atoms with Crippen LogP contribution in [0.3, 0.4) is 0 Å². The van der Waals surface area contributed by atoms with Crippen LogP contribution in [0.2, 0.25) is 0 Å². The maximum absolute atomic E-state index is 9.20. The molecule has 0 aromatic rings. The molecular weight excluding hydrogens is 293 g/mol. The molecule has 80 valence electrons. The highest BCUT2D eigenvalue weighted by atomic mass is 127. The van der Waals surface area contributed by atoms with Crippen LogP contribution in [-0.2, 0) is 4.74 Å². The highest BCUT2D eigenvalue weighted by Gasteiger charge is 2.41. The van der Waals surface area contributed by atoms with Gasteiger partial charge >= 0.3 is 0 Å². The van der Waals surface area contributed by atoms with E-state index in [2.05, 4.69) is 0 Å². The van der Waals surface area contributed by atoms with Crippen molar-refractivity contribution in [3.05, 3.63) is 0 Å². The predicted molar refractivity (Wildman–Crippen MR) is 53.4 cm³/mol. The second kappa shape index (κ2) is 5.39. The van der Waals surface area contributed by atoms with E-state index in [4.69, 9.17) is 20.7 Å². The lowest BCUT2D eigenvalue weighted by Gasteiger charge is -2.38. The maximum Gasteiger partial charge on any atom is 0.173 e. The van der Waals surface area contributed by atoms with Gasteiger partial charge in [-0.05, 0) is 0 Å². The molecule has 0 bridgehead atoms. The second-order valence-electron chi connectivity index (χ2n) is 2.81. The summed E-state index contributed by atoms with van der Waals surface area (Å²) in [4.78, 5) is 0. The molecule has 1 rings (SSSR count). The van der Waals surface area contributed by atoms with Crippen molar-refractivity contribution in [1.82, 2.24) is 0 Å². The molecule has 0 spiro atoms. The Kier molecular flexibility index (Phi) is 5.59. The van der Waals surface area contributed by atoms with Crippen LogP contribution in [-0.4, -0.2) is 57.7 Å². The largest absolute Gasteiger partial charge is 0.394 e. The average molecular weight is 307 g/mol. The van der Waals surface area contributed by atoms with Crippen molar-refractivity contribution >= 4 is 24.0 Å². The van der Waals surface area contributed by atoms with Crippen molar-refractivity contribution in [2.75, 3.05) is 6.61 Å². The van der Waals surface area contributed by atoms with E-state index < -0.39 is 37.3 Å². The molecule has 0 saturated carbocycles. The highest BCUT2D eigenvalue weighted by Crippen LogP contribution is 2.17. The van der Waals surface area contributed by atoms with E-state index >= 15 is 0 Å². The molecular formula is C6H14INO5. The zero-order chi connectivity index (χ0) is 9.30. The van der Waals surface area contributed by atoms with E-state index in [0.29, 0.717) is 0 Å². The van der Waals surface area contributed by atoms with Gasteiger partial charge in [0.15, 0.2) is 6.29 Å². The fourth-order valence-electron chi connectivity index (χ4n) is 1.12. The van der Waals surface area contributed by atoms with Crippen LogP contribution >= 0.6 is 24.0 Å². The number of hydrogen-bond acceptors (Lipinski definition) is 6. The van der Waals surface area contributed by atoms with Gasteiger partial charge in [-0.15, -0.1) is 24.0 Å². The molecule has 0 aromatic carbocycles. The standard InChI is InChI=1S/C6H13NO5.HI/c7-3-5(10)4(9)2(1-8)12-6(3)11;/h2-6,8-11H,1,7H2;1H/t2-,3-,4-,5-,6-;/m1./s1. The van der Waals surface area contributed by atoms with Crippen LogP contribution in [0, 0.1) is 0 Å². The molecule has 1 heterocycles. The summed E-state index contributed by atoms with van der Waals surface area (Å²) in [6, 6.07) is -1.04. The lowest BCUT2D eigenvalue weighted by molar-refractivity contribution is -0.248. The second-order valence-corrected chi connectivity index (χ2v) is 2.81. The fraction of sp³-hybridized carbons (Fsp3) is 1.00. The average Bonchev–Trinajstić information content (AvgIpc) is 2.08. The minimum Gasteiger partial charge on any atom is -0.394 e. The number of ether oxygens (including phenoxy) is 1. The maximum atomic E-state index is 9.20. The van der Waals surface area contributed by atoms with Crippen LogP contribution in [0.15, 0.2) is 0 Å². The predicted octanol–water partition coefficient (Wildman–Crippen LogP) is -2.64. The van der Waals surface area contributed by atoms with E-state index in [1.807, 2.05) is 0 Å². The van der Waals surface area contributed by atoms with Crippen LogP contribution in [0.1, 0.15) is 0 Å². The number of nitrogens with two attached hydrogens (primary N) is 1. The third kappa shape index (κ3) is 2.72. The highest BCUT2D eigenvalue weighted by molar-refractivity contribution is 14.0. The zero-order valence-corrected chi connectivity index (χ0v) is 9.11. The molecule has 0 amide bonds. The third-order valence-electron chi connectivity index (χ3n) is 1.95. The van der Waals surface area contributed by atoms with Gasteiger partial charge < -0.3 is 30.9 Å². The monoisotopic (exact) mass is 307 g/mol. The van der Waals surface area contributed by atoms with Crippen molar-refractivity contribution < 1.29 is 25.2 Å². The van der Waals surface area contributed by atoms with Gasteiger partial charge in [-0.1, -0.05) is 0 Å². The summed E-state index contributed by atoms with van der Waals surface area (Å²) in [5, 5.41) is 36.1. The number of halogens is 1. The Morgan fingerprint density at radius 2 is 1.69 bits per heavy atom. The fourth-order valence-corrected chi connectivity index (χ4v) is 1.12. The van der Waals surface area contributed by atoms with Crippen molar-refractivity contribution in [2.45, 2.75) is 30.6 Å². The summed E-state index contributed by atoms with van der Waals surface area (Å²) in [5.74, 6) is 0. The molecule has 6 nitrogen and oxygen atoms in total. The zero-order valence-electron chi connectivity index (χ0n) is 6.78. The number of aliphatic hydroxyl groups is 4. The minimum atomic E-state index is -1.35. The lowest BCUT2D eigenvalue weighted by atomic mass is 9.98. The van der Waals surface area contributed by atoms with Gasteiger partial charge in [0.2, 0.25) is 0 Å². The van der Waals surface area contributed by atoms with Crippen molar-refractivity contribution in [2.24, 2.45) is 5.73 Å². The Morgan fingerprint density at radius 1 is 1.15 bits per heavy atom. The first-order valence-electron chi connectivity index (χ1n) is 3.64. The van der Waals surface area contributed by atoms with E-state index in [1.54, 1.807) is 0 Å². The smallest absolute Gasteiger partial charge is 0.173 e. The molecule has 7 heteroatoms. The quantitative estimate of drug-likeness (QED) is 0.338. The molecule has 0 radical (unpaired) electrons. The van der Waals surface area contributed by atoms with Gasteiger partial charge in [0.1, 0.15) is 18.3 Å². The van der Waals surface area contributed by atoms with E-state index in [1.165, 1.54) is 0 Å². The van der Waals surface area contributed by atoms with Gasteiger partial charge in [0, 0.05) is 0 Å².